The van der Waals surface area contributed by atoms with Crippen molar-refractivity contribution in [3.05, 3.63) is 47.5 Å². The molecule has 2 aliphatic rings. The molecule has 0 spiro atoms. The third kappa shape index (κ3) is 2.28. The Balaban J connectivity index is 1.84. The summed E-state index contributed by atoms with van der Waals surface area (Å²) in [6, 6.07) is 12.6. The van der Waals surface area contributed by atoms with Crippen molar-refractivity contribution < 1.29 is 13.9 Å². The van der Waals surface area contributed by atoms with E-state index in [0.29, 0.717) is 0 Å². The Morgan fingerprint density at radius 2 is 1.57 bits per heavy atom. The van der Waals surface area contributed by atoms with Crippen LogP contribution in [0.1, 0.15) is 25.0 Å². The summed E-state index contributed by atoms with van der Waals surface area (Å²) >= 11 is 0. The summed E-state index contributed by atoms with van der Waals surface area (Å²) < 4.78 is 19.0. The highest BCUT2D eigenvalue weighted by Gasteiger charge is 2.46. The maximum atomic E-state index is 6.38. The van der Waals surface area contributed by atoms with Crippen LogP contribution >= 0.6 is 0 Å². The van der Waals surface area contributed by atoms with Gasteiger partial charge < -0.3 is 13.9 Å². The van der Waals surface area contributed by atoms with Crippen LogP contribution in [-0.4, -0.2) is 20.2 Å². The molecule has 1 aliphatic heterocycles. The van der Waals surface area contributed by atoms with Gasteiger partial charge in [-0.1, -0.05) is 36.4 Å². The zero-order chi connectivity index (χ0) is 16.4. The molecule has 0 amide bonds. The van der Waals surface area contributed by atoms with Crippen LogP contribution in [0.4, 0.5) is 0 Å². The molecule has 4 heteroatoms. The van der Waals surface area contributed by atoms with Crippen molar-refractivity contribution in [2.75, 3.05) is 0 Å². The predicted molar refractivity (Wildman–Crippen MR) is 95.2 cm³/mol. The Morgan fingerprint density at radius 1 is 0.957 bits per heavy atom. The summed E-state index contributed by atoms with van der Waals surface area (Å²) in [6.07, 6.45) is -0.391. The molecule has 0 radical (unpaired) electrons. The van der Waals surface area contributed by atoms with Crippen LogP contribution in [-0.2, 0) is 13.9 Å². The van der Waals surface area contributed by atoms with E-state index in [1.807, 2.05) is 13.8 Å². The average Bonchev–Trinajstić information content (AvgIpc) is 2.74. The molecule has 0 saturated carbocycles. The summed E-state index contributed by atoms with van der Waals surface area (Å²) in [5, 5.41) is 2.42. The van der Waals surface area contributed by atoms with E-state index in [1.54, 1.807) is 0 Å². The van der Waals surface area contributed by atoms with Crippen molar-refractivity contribution >= 4 is 30.6 Å². The molecule has 3 nitrogen and oxygen atoms in total. The van der Waals surface area contributed by atoms with Gasteiger partial charge in [-0.3, -0.25) is 0 Å². The maximum absolute atomic E-state index is 6.38. The smallest absolute Gasteiger partial charge is 0.230 e. The summed E-state index contributed by atoms with van der Waals surface area (Å²) in [5.41, 5.74) is 1.70. The fraction of sp³-hybridized carbons (Fsp3) is 0.368. The minimum absolute atomic E-state index is 0.391. The predicted octanol–water partition coefficient (Wildman–Crippen LogP) is 4.98. The first-order valence-electron chi connectivity index (χ1n) is 8.06. The molecular weight excluding hydrogens is 304 g/mol. The van der Waals surface area contributed by atoms with Crippen molar-refractivity contribution in [3.8, 4) is 0 Å². The third-order valence-electron chi connectivity index (χ3n) is 4.22. The largest absolute Gasteiger partial charge is 0.477 e. The number of ether oxygens (including phenoxy) is 2. The molecular formula is C19H22O3Si. The van der Waals surface area contributed by atoms with Gasteiger partial charge in [-0.2, -0.15) is 0 Å². The molecule has 0 saturated heterocycles. The van der Waals surface area contributed by atoms with Crippen LogP contribution in [0.3, 0.4) is 0 Å². The van der Waals surface area contributed by atoms with Crippen molar-refractivity contribution in [2.45, 2.75) is 45.4 Å². The Labute approximate surface area is 138 Å². The lowest BCUT2D eigenvalue weighted by atomic mass is 10.0. The van der Waals surface area contributed by atoms with Gasteiger partial charge >= 0.3 is 0 Å². The van der Waals surface area contributed by atoms with Crippen LogP contribution in [0.5, 0.6) is 0 Å². The van der Waals surface area contributed by atoms with Crippen molar-refractivity contribution in [3.63, 3.8) is 0 Å². The number of rotatable bonds is 2. The van der Waals surface area contributed by atoms with E-state index < -0.39 is 20.2 Å². The molecule has 120 valence electrons. The number of hydrogen-bond donors (Lipinski definition) is 0. The third-order valence-corrected chi connectivity index (χ3v) is 5.14. The molecule has 1 heterocycles. The topological polar surface area (TPSA) is 27.7 Å². The molecule has 23 heavy (non-hydrogen) atoms. The molecule has 0 fully saturated rings. The highest BCUT2D eigenvalue weighted by Crippen LogP contribution is 2.49. The lowest BCUT2D eigenvalue weighted by molar-refractivity contribution is -0.165. The van der Waals surface area contributed by atoms with Gasteiger partial charge in [0.1, 0.15) is 0 Å². The van der Waals surface area contributed by atoms with E-state index in [-0.39, 0.29) is 0 Å². The Bertz CT molecular complexity index is 825. The second-order valence-electron chi connectivity index (χ2n) is 7.75. The maximum Gasteiger partial charge on any atom is 0.230 e. The molecule has 0 N–H and O–H groups in total. The van der Waals surface area contributed by atoms with E-state index >= 15 is 0 Å². The van der Waals surface area contributed by atoms with Crippen LogP contribution in [0.25, 0.3) is 22.3 Å². The Hall–Kier alpha value is -1.78. The highest BCUT2D eigenvalue weighted by atomic mass is 28.4. The van der Waals surface area contributed by atoms with Gasteiger partial charge in [0, 0.05) is 16.5 Å². The first-order valence-corrected chi connectivity index (χ1v) is 11.5. The van der Waals surface area contributed by atoms with Gasteiger partial charge in [0.25, 0.3) is 0 Å². The molecule has 2 aromatic carbocycles. The van der Waals surface area contributed by atoms with Crippen LogP contribution in [0, 0.1) is 0 Å². The van der Waals surface area contributed by atoms with Crippen LogP contribution < -0.4 is 0 Å². The second kappa shape index (κ2) is 4.62. The average molecular weight is 326 g/mol. The van der Waals surface area contributed by atoms with E-state index in [0.717, 1.165) is 22.6 Å². The molecule has 1 atom stereocenters. The zero-order valence-corrected chi connectivity index (χ0v) is 15.3. The van der Waals surface area contributed by atoms with E-state index in [9.17, 15) is 0 Å². The quantitative estimate of drug-likeness (QED) is 0.728. The SMILES string of the molecule is CC1(C)OC2=C(OC1O[Si](C)(C)C)c1cccc3cccc2c13. The molecule has 1 unspecified atom stereocenters. The summed E-state index contributed by atoms with van der Waals surface area (Å²) in [4.78, 5) is 0. The van der Waals surface area contributed by atoms with Crippen molar-refractivity contribution in [1.82, 2.24) is 0 Å². The van der Waals surface area contributed by atoms with Gasteiger partial charge in [0.15, 0.2) is 25.4 Å². The fourth-order valence-corrected chi connectivity index (χ4v) is 4.20. The lowest BCUT2D eigenvalue weighted by Crippen LogP contribution is -2.49. The van der Waals surface area contributed by atoms with E-state index in [1.165, 1.54) is 10.8 Å². The molecule has 0 bridgehead atoms. The first kappa shape index (κ1) is 14.8. The van der Waals surface area contributed by atoms with E-state index in [2.05, 4.69) is 56.0 Å². The monoisotopic (exact) mass is 326 g/mol. The minimum Gasteiger partial charge on any atom is -0.477 e. The normalized spacial score (nSPS) is 21.9. The lowest BCUT2D eigenvalue weighted by Gasteiger charge is -2.42. The molecule has 0 aromatic heterocycles. The highest BCUT2D eigenvalue weighted by molar-refractivity contribution is 6.69. The number of benzene rings is 2. The molecule has 4 rings (SSSR count). The van der Waals surface area contributed by atoms with Crippen LogP contribution in [0.15, 0.2) is 36.4 Å². The number of fused-ring (bicyclic) bond motifs is 2. The van der Waals surface area contributed by atoms with Gasteiger partial charge in [0.2, 0.25) is 6.29 Å². The Kier molecular flexibility index (Phi) is 2.97. The van der Waals surface area contributed by atoms with Crippen LogP contribution in [0.2, 0.25) is 19.6 Å². The second-order valence-corrected chi connectivity index (χ2v) is 12.2. The summed E-state index contributed by atoms with van der Waals surface area (Å²) in [6.45, 7) is 10.6. The van der Waals surface area contributed by atoms with E-state index in [4.69, 9.17) is 13.9 Å². The Morgan fingerprint density at radius 3 is 2.17 bits per heavy atom. The van der Waals surface area contributed by atoms with Gasteiger partial charge in [-0.05, 0) is 38.9 Å². The summed E-state index contributed by atoms with van der Waals surface area (Å²) in [7, 11) is -1.75. The van der Waals surface area contributed by atoms with Crippen molar-refractivity contribution in [1.29, 1.82) is 0 Å². The summed E-state index contributed by atoms with van der Waals surface area (Å²) in [5.74, 6) is 1.66. The van der Waals surface area contributed by atoms with Gasteiger partial charge in [0.05, 0.1) is 0 Å². The molecule has 1 aliphatic carbocycles. The zero-order valence-electron chi connectivity index (χ0n) is 14.3. The standard InChI is InChI=1S/C19H22O3Si/c1-19(2)18(22-23(3,4)5)20-16-13-10-6-8-12-9-7-11-14(15(12)13)17(16)21-19/h6-11,18H,1-5H3. The number of hydrogen-bond acceptors (Lipinski definition) is 3. The fourth-order valence-electron chi connectivity index (χ4n) is 3.23. The molecule has 2 aromatic rings. The van der Waals surface area contributed by atoms with Gasteiger partial charge in [-0.25, -0.2) is 0 Å². The minimum atomic E-state index is -1.75. The van der Waals surface area contributed by atoms with Gasteiger partial charge in [-0.15, -0.1) is 0 Å². The first-order chi connectivity index (χ1) is 10.8. The van der Waals surface area contributed by atoms with Crippen molar-refractivity contribution in [2.24, 2.45) is 0 Å².